The van der Waals surface area contributed by atoms with E-state index in [2.05, 4.69) is 0 Å². The fourth-order valence-corrected chi connectivity index (χ4v) is 21.3. The Labute approximate surface area is 193 Å². The fraction of sp³-hybridized carbons (Fsp3) is 1.00. The monoisotopic (exact) mass is 515 g/mol. The van der Waals surface area contributed by atoms with E-state index in [1.54, 1.807) is 0 Å². The molecule has 0 aliphatic carbocycles. The molecule has 1 saturated heterocycles. The first-order valence-electron chi connectivity index (χ1n) is 11.4. The highest BCUT2D eigenvalue weighted by atomic mass is 28.5. The van der Waals surface area contributed by atoms with E-state index >= 15 is 0 Å². The van der Waals surface area contributed by atoms with Crippen LogP contribution in [0.1, 0.15) is 41.5 Å². The van der Waals surface area contributed by atoms with Gasteiger partial charge in [-0.05, 0) is 13.1 Å². The van der Waals surface area contributed by atoms with Gasteiger partial charge in [-0.25, -0.2) is 0 Å². The van der Waals surface area contributed by atoms with Crippen LogP contribution >= 0.6 is 0 Å². The van der Waals surface area contributed by atoms with Crippen molar-refractivity contribution in [2.45, 2.75) is 74.3 Å². The molecule has 0 bridgehead atoms. The van der Waals surface area contributed by atoms with Crippen molar-refractivity contribution in [3.63, 3.8) is 0 Å². The normalized spacial score (nSPS) is 31.9. The lowest BCUT2D eigenvalue weighted by Crippen LogP contribution is -2.71. The van der Waals surface area contributed by atoms with Crippen LogP contribution in [0.15, 0.2) is 0 Å². The Balaban J connectivity index is 3.37. The molecule has 0 radical (unpaired) electrons. The van der Waals surface area contributed by atoms with Gasteiger partial charge in [-0.2, -0.15) is 15.2 Å². The summed E-state index contributed by atoms with van der Waals surface area (Å²) in [6.07, 6.45) is 0. The summed E-state index contributed by atoms with van der Waals surface area (Å²) >= 11 is 0. The molecule has 0 aromatic carbocycles. The summed E-state index contributed by atoms with van der Waals surface area (Å²) in [5.74, 6) is 0. The molecule has 2 atom stereocenters. The van der Waals surface area contributed by atoms with Crippen molar-refractivity contribution in [1.82, 2.24) is 15.2 Å². The average Bonchev–Trinajstić information content (AvgIpc) is 2.66. The van der Waals surface area contributed by atoms with Crippen molar-refractivity contribution in [3.05, 3.63) is 0 Å². The molecule has 1 aliphatic heterocycles. The second-order valence-corrected chi connectivity index (χ2v) is 19.8. The van der Waals surface area contributed by atoms with Gasteiger partial charge in [-0.1, -0.05) is 41.5 Å². The predicted octanol–water partition coefficient (Wildman–Crippen LogP) is 3.29. The Morgan fingerprint density at radius 1 is 0.452 bits per heavy atom. The summed E-state index contributed by atoms with van der Waals surface area (Å²) in [6.45, 7) is 26.0. The maximum Gasteiger partial charge on any atom is 0.500 e. The minimum absolute atomic E-state index is 0.693. The lowest BCUT2D eigenvalue weighted by molar-refractivity contribution is -0.142. The summed E-state index contributed by atoms with van der Waals surface area (Å²) in [4.78, 5) is 0. The van der Waals surface area contributed by atoms with E-state index < -0.39 is 35.0 Å². The highest BCUT2D eigenvalue weighted by molar-refractivity contribution is 6.89. The van der Waals surface area contributed by atoms with Crippen LogP contribution in [-0.2, 0) is 30.0 Å². The second kappa shape index (κ2) is 12.3. The molecular weight excluding hydrogens is 471 g/mol. The number of nitrogens with zero attached hydrogens (tertiary/aromatic N) is 3. The maximum absolute atomic E-state index is 6.61. The highest BCUT2D eigenvalue weighted by Gasteiger charge is 2.62. The van der Waals surface area contributed by atoms with Crippen LogP contribution in [0.4, 0.5) is 0 Å². The highest BCUT2D eigenvalue weighted by Crippen LogP contribution is 2.33. The van der Waals surface area contributed by atoms with E-state index in [9.17, 15) is 0 Å². The maximum atomic E-state index is 6.61. The minimum Gasteiger partial charge on any atom is -0.393 e. The van der Waals surface area contributed by atoms with Crippen LogP contribution in [0.5, 0.6) is 0 Å². The lowest BCUT2D eigenvalue weighted by atomic mass is 10.6. The average molecular weight is 516 g/mol. The largest absolute Gasteiger partial charge is 0.500 e. The van der Waals surface area contributed by atoms with Crippen LogP contribution in [0.3, 0.4) is 0 Å². The number of hydrogen-bond acceptors (Lipinski definition) is 10. The molecule has 0 aromatic rings. The van der Waals surface area contributed by atoms with Crippen molar-refractivity contribution < 1.29 is 30.0 Å². The molecule has 0 aromatic heterocycles. The quantitative estimate of drug-likeness (QED) is 0.285. The van der Waals surface area contributed by atoms with Gasteiger partial charge in [0.05, 0.1) is 0 Å². The van der Waals surface area contributed by atoms with E-state index in [0.717, 1.165) is 0 Å². The zero-order valence-electron chi connectivity index (χ0n) is 21.4. The van der Waals surface area contributed by atoms with E-state index in [0.29, 0.717) is 39.3 Å². The third-order valence-corrected chi connectivity index (χ3v) is 19.2. The molecule has 1 aliphatic rings. The summed E-state index contributed by atoms with van der Waals surface area (Å²) in [6, 6.07) is 0. The van der Waals surface area contributed by atoms with Crippen molar-refractivity contribution in [3.8, 4) is 0 Å². The van der Waals surface area contributed by atoms with E-state index in [-0.39, 0.29) is 0 Å². The van der Waals surface area contributed by atoms with Gasteiger partial charge in [0.25, 0.3) is 0 Å². The molecule has 10 nitrogen and oxygen atoms in total. The fourth-order valence-electron chi connectivity index (χ4n) is 3.52. The lowest BCUT2D eigenvalue weighted by Gasteiger charge is -2.48. The molecule has 1 rings (SSSR count). The van der Waals surface area contributed by atoms with Crippen LogP contribution in [-0.4, -0.2) is 89.4 Å². The molecule has 14 heteroatoms. The summed E-state index contributed by atoms with van der Waals surface area (Å²) in [5.41, 5.74) is 0. The SMILES string of the molecule is CCN(CC)O[Si]1(C)O[Si](C)(C)O[Si](C)(ON(CC)CC)O[Si](C)(ON(CC)CC)O1. The first-order chi connectivity index (χ1) is 14.3. The Morgan fingerprint density at radius 3 is 0.903 bits per heavy atom. The van der Waals surface area contributed by atoms with Gasteiger partial charge in [0, 0.05) is 58.9 Å². The van der Waals surface area contributed by atoms with Gasteiger partial charge in [-0.15, -0.1) is 0 Å². The Kier molecular flexibility index (Phi) is 11.7. The second-order valence-electron chi connectivity index (χ2n) is 8.01. The van der Waals surface area contributed by atoms with Crippen molar-refractivity contribution >= 4 is 35.0 Å². The molecule has 1 heterocycles. The number of hydroxylamine groups is 6. The molecule has 0 spiro atoms. The molecule has 0 N–H and O–H groups in total. The van der Waals surface area contributed by atoms with Gasteiger partial charge in [0.1, 0.15) is 0 Å². The van der Waals surface area contributed by atoms with Crippen LogP contribution in [0, 0.1) is 0 Å². The summed E-state index contributed by atoms with van der Waals surface area (Å²) < 4.78 is 45.2. The topological polar surface area (TPSA) is 74.3 Å². The van der Waals surface area contributed by atoms with Gasteiger partial charge in [0.15, 0.2) is 0 Å². The van der Waals surface area contributed by atoms with Crippen molar-refractivity contribution in [1.29, 1.82) is 0 Å². The molecular formula is C17H45N3O7Si4. The summed E-state index contributed by atoms with van der Waals surface area (Å²) in [5, 5.41) is 5.51. The first-order valence-corrected chi connectivity index (χ1v) is 20.9. The van der Waals surface area contributed by atoms with E-state index in [1.165, 1.54) is 0 Å². The van der Waals surface area contributed by atoms with Gasteiger partial charge >= 0.3 is 35.0 Å². The Hall–Kier alpha value is 0.468. The van der Waals surface area contributed by atoms with E-state index in [4.69, 9.17) is 30.0 Å². The molecule has 2 unspecified atom stereocenters. The molecule has 1 fully saturated rings. The van der Waals surface area contributed by atoms with Gasteiger partial charge in [-0.3, -0.25) is 13.6 Å². The zero-order valence-corrected chi connectivity index (χ0v) is 25.4. The Bertz CT molecular complexity index is 508. The van der Waals surface area contributed by atoms with Crippen LogP contribution in [0.25, 0.3) is 0 Å². The minimum atomic E-state index is -3.32. The zero-order chi connectivity index (χ0) is 23.9. The number of rotatable bonds is 12. The number of hydrogen-bond donors (Lipinski definition) is 0. The van der Waals surface area contributed by atoms with E-state index in [1.807, 2.05) is 89.5 Å². The third-order valence-electron chi connectivity index (χ3n) is 4.60. The third kappa shape index (κ3) is 9.32. The Morgan fingerprint density at radius 2 is 0.677 bits per heavy atom. The smallest absolute Gasteiger partial charge is 0.393 e. The van der Waals surface area contributed by atoms with Crippen LogP contribution in [0.2, 0.25) is 32.7 Å². The molecule has 0 saturated carbocycles. The molecule has 186 valence electrons. The van der Waals surface area contributed by atoms with Gasteiger partial charge in [0.2, 0.25) is 0 Å². The van der Waals surface area contributed by atoms with Crippen molar-refractivity contribution in [2.75, 3.05) is 39.3 Å². The van der Waals surface area contributed by atoms with Gasteiger partial charge < -0.3 is 16.5 Å². The molecule has 31 heavy (non-hydrogen) atoms. The molecule has 0 amide bonds. The van der Waals surface area contributed by atoms with Crippen LogP contribution < -0.4 is 0 Å². The standard InChI is InChI=1S/C17H45N3O7Si4/c1-12-18(13-2)21-29(9)24-28(7,8)25-30(10,22-19(14-3)15-4)27-31(11,26-29)23-20(16-5)17-6/h12-17H2,1-11H3. The predicted molar refractivity (Wildman–Crippen MR) is 129 cm³/mol. The first kappa shape index (κ1) is 29.5. The van der Waals surface area contributed by atoms with Crippen molar-refractivity contribution in [2.24, 2.45) is 0 Å². The summed E-state index contributed by atoms with van der Waals surface area (Å²) in [7, 11) is -12.5.